The lowest BCUT2D eigenvalue weighted by atomic mass is 10.0. The molecule has 0 saturated carbocycles. The standard InChI is InChI=1S/C16H26N6O3.C4H8O/c1-20-12(3-2-8-21-16(18)19)15(25)22-13(14(17)24)9-10-4-6-11(23)7-5-10;1-3-4(2)5/h4-7,12-13,20,23H,2-3,8-9H2,1H3,(H2,17,24)(H,22,25)(H4,18,19,21);5H,2-3H2,1H3/t12?,13-;/m0./s1. The largest absolute Gasteiger partial charge is 0.513 e. The van der Waals surface area contributed by atoms with E-state index in [1.54, 1.807) is 19.2 Å². The van der Waals surface area contributed by atoms with Gasteiger partial charge in [0.25, 0.3) is 0 Å². The summed E-state index contributed by atoms with van der Waals surface area (Å²) in [6.45, 7) is 5.50. The summed E-state index contributed by atoms with van der Waals surface area (Å²) in [7, 11) is 1.66. The average molecular weight is 423 g/mol. The number of likely N-dealkylation sites (N-methyl/N-ethyl adjacent to an activating group) is 1. The molecule has 0 aliphatic heterocycles. The molecule has 0 heterocycles. The minimum atomic E-state index is -0.842. The Morgan fingerprint density at radius 3 is 2.17 bits per heavy atom. The number of phenols is 1. The van der Waals surface area contributed by atoms with E-state index in [0.717, 1.165) is 5.56 Å². The van der Waals surface area contributed by atoms with Crippen molar-refractivity contribution in [1.29, 1.82) is 0 Å². The Labute approximate surface area is 177 Å². The highest BCUT2D eigenvalue weighted by Gasteiger charge is 2.23. The van der Waals surface area contributed by atoms with Gasteiger partial charge in [-0.1, -0.05) is 25.6 Å². The van der Waals surface area contributed by atoms with E-state index in [4.69, 9.17) is 22.3 Å². The molecule has 0 fully saturated rings. The Morgan fingerprint density at radius 2 is 1.73 bits per heavy atom. The van der Waals surface area contributed by atoms with Crippen LogP contribution in [0.25, 0.3) is 0 Å². The van der Waals surface area contributed by atoms with Crippen LogP contribution in [0.3, 0.4) is 0 Å². The topological polar surface area (TPSA) is 189 Å². The number of benzene rings is 1. The number of hydrogen-bond acceptors (Lipinski definition) is 6. The van der Waals surface area contributed by atoms with Crippen LogP contribution in [0.4, 0.5) is 0 Å². The third-order valence-corrected chi connectivity index (χ3v) is 4.05. The summed E-state index contributed by atoms with van der Waals surface area (Å²) in [5, 5.41) is 23.0. The molecule has 1 aromatic rings. The Morgan fingerprint density at radius 1 is 1.17 bits per heavy atom. The predicted octanol–water partition coefficient (Wildman–Crippen LogP) is 0.0145. The summed E-state index contributed by atoms with van der Waals surface area (Å²) < 4.78 is 0. The quantitative estimate of drug-likeness (QED) is 0.113. The average Bonchev–Trinajstić information content (AvgIpc) is 2.69. The van der Waals surface area contributed by atoms with Gasteiger partial charge in [0, 0.05) is 19.4 Å². The van der Waals surface area contributed by atoms with E-state index in [2.05, 4.69) is 22.2 Å². The maximum Gasteiger partial charge on any atom is 0.240 e. The lowest BCUT2D eigenvalue weighted by Crippen LogP contribution is -2.52. The van der Waals surface area contributed by atoms with Crippen LogP contribution in [0.5, 0.6) is 5.75 Å². The summed E-state index contributed by atoms with van der Waals surface area (Å²) in [5.41, 5.74) is 16.7. The highest BCUT2D eigenvalue weighted by molar-refractivity contribution is 5.89. The van der Waals surface area contributed by atoms with Crippen molar-refractivity contribution in [1.82, 2.24) is 10.6 Å². The Hall–Kier alpha value is -3.27. The molecule has 0 aliphatic carbocycles. The van der Waals surface area contributed by atoms with Crippen molar-refractivity contribution < 1.29 is 19.8 Å². The van der Waals surface area contributed by atoms with Crippen molar-refractivity contribution in [3.63, 3.8) is 0 Å². The van der Waals surface area contributed by atoms with Gasteiger partial charge in [-0.15, -0.1) is 0 Å². The number of nitrogens with two attached hydrogens (primary N) is 3. The number of aromatic hydroxyl groups is 1. The zero-order valence-electron chi connectivity index (χ0n) is 17.6. The van der Waals surface area contributed by atoms with Gasteiger partial charge in [0.05, 0.1) is 11.8 Å². The number of rotatable bonds is 11. The molecule has 0 aliphatic rings. The van der Waals surface area contributed by atoms with E-state index in [9.17, 15) is 14.7 Å². The minimum absolute atomic E-state index is 0.00755. The maximum atomic E-state index is 12.4. The minimum Gasteiger partial charge on any atom is -0.513 e. The number of aliphatic imine (C=N–C) groups is 1. The third kappa shape index (κ3) is 12.2. The van der Waals surface area contributed by atoms with Gasteiger partial charge >= 0.3 is 0 Å². The number of carbonyl (C=O) groups excluding carboxylic acids is 2. The number of primary amides is 1. The second-order valence-electron chi connectivity index (χ2n) is 6.54. The van der Waals surface area contributed by atoms with Crippen LogP contribution < -0.4 is 27.8 Å². The zero-order valence-corrected chi connectivity index (χ0v) is 17.6. The highest BCUT2D eigenvalue weighted by atomic mass is 16.3. The molecule has 0 aromatic heterocycles. The summed E-state index contributed by atoms with van der Waals surface area (Å²) in [6, 6.07) is 5.02. The normalized spacial score (nSPS) is 11.9. The van der Waals surface area contributed by atoms with E-state index in [1.807, 2.05) is 6.92 Å². The Kier molecular flexibility index (Phi) is 13.1. The summed E-state index contributed by atoms with van der Waals surface area (Å²) in [4.78, 5) is 27.9. The molecular formula is C20H34N6O4. The number of aliphatic hydroxyl groups is 1. The van der Waals surface area contributed by atoms with Crippen LogP contribution in [0.1, 0.15) is 31.7 Å². The van der Waals surface area contributed by atoms with Crippen molar-refractivity contribution in [2.45, 2.75) is 44.7 Å². The first-order chi connectivity index (χ1) is 14.1. The molecule has 1 aromatic carbocycles. The van der Waals surface area contributed by atoms with Crippen molar-refractivity contribution >= 4 is 17.8 Å². The van der Waals surface area contributed by atoms with Gasteiger partial charge in [0.2, 0.25) is 11.8 Å². The van der Waals surface area contributed by atoms with Crippen LogP contribution in [0.15, 0.2) is 41.6 Å². The molecule has 0 radical (unpaired) electrons. The van der Waals surface area contributed by atoms with E-state index in [1.165, 1.54) is 12.1 Å². The second kappa shape index (κ2) is 14.7. The molecule has 0 bridgehead atoms. The van der Waals surface area contributed by atoms with E-state index < -0.39 is 18.0 Å². The second-order valence-corrected chi connectivity index (χ2v) is 6.54. The van der Waals surface area contributed by atoms with Gasteiger partial charge in [-0.25, -0.2) is 0 Å². The van der Waals surface area contributed by atoms with Crippen molar-refractivity contribution in [3.8, 4) is 5.75 Å². The zero-order chi connectivity index (χ0) is 23.1. The molecule has 2 atom stereocenters. The molecule has 30 heavy (non-hydrogen) atoms. The summed E-state index contributed by atoms with van der Waals surface area (Å²) in [5.74, 6) is -0.566. The first kappa shape index (κ1) is 26.7. The summed E-state index contributed by atoms with van der Waals surface area (Å²) in [6.07, 6.45) is 2.02. The van der Waals surface area contributed by atoms with E-state index in [0.29, 0.717) is 25.8 Å². The summed E-state index contributed by atoms with van der Waals surface area (Å²) >= 11 is 0. The SMILES string of the molecule is C=C(O)CC.CNC(CCCN=C(N)N)C(=O)N[C@@H](Cc1ccc(O)cc1)C(N)=O. The molecule has 1 unspecified atom stereocenters. The van der Waals surface area contributed by atoms with Crippen molar-refractivity contribution in [3.05, 3.63) is 42.2 Å². The molecule has 2 amide bonds. The van der Waals surface area contributed by atoms with Crippen LogP contribution in [0.2, 0.25) is 0 Å². The van der Waals surface area contributed by atoms with Crippen LogP contribution in [-0.2, 0) is 16.0 Å². The lowest BCUT2D eigenvalue weighted by molar-refractivity contribution is -0.128. The number of hydrogen-bond donors (Lipinski definition) is 7. The van der Waals surface area contributed by atoms with Gasteiger partial charge in [-0.2, -0.15) is 0 Å². The van der Waals surface area contributed by atoms with Crippen LogP contribution in [-0.4, -0.2) is 53.7 Å². The molecule has 1 rings (SSSR count). The monoisotopic (exact) mass is 422 g/mol. The smallest absolute Gasteiger partial charge is 0.240 e. The fraction of sp³-hybridized carbons (Fsp3) is 0.450. The Balaban J connectivity index is 0.00000150. The molecule has 10 heteroatoms. The van der Waals surface area contributed by atoms with Gasteiger partial charge in [-0.3, -0.25) is 14.6 Å². The third-order valence-electron chi connectivity index (χ3n) is 4.05. The van der Waals surface area contributed by atoms with Gasteiger partial charge in [0.15, 0.2) is 5.96 Å². The van der Waals surface area contributed by atoms with Gasteiger partial charge in [0.1, 0.15) is 11.8 Å². The molecule has 10 N–H and O–H groups in total. The lowest BCUT2D eigenvalue weighted by Gasteiger charge is -2.20. The van der Waals surface area contributed by atoms with Crippen molar-refractivity contribution in [2.24, 2.45) is 22.2 Å². The first-order valence-corrected chi connectivity index (χ1v) is 9.57. The van der Waals surface area contributed by atoms with Gasteiger partial charge in [-0.05, 0) is 37.6 Å². The van der Waals surface area contributed by atoms with E-state index in [-0.39, 0.29) is 29.8 Å². The number of amides is 2. The molecule has 0 saturated heterocycles. The number of guanidine groups is 1. The number of nitrogens with zero attached hydrogens (tertiary/aromatic N) is 1. The Bertz CT molecular complexity index is 702. The molecular weight excluding hydrogens is 388 g/mol. The van der Waals surface area contributed by atoms with Crippen molar-refractivity contribution in [2.75, 3.05) is 13.6 Å². The highest BCUT2D eigenvalue weighted by Crippen LogP contribution is 2.11. The molecule has 168 valence electrons. The first-order valence-electron chi connectivity index (χ1n) is 9.57. The fourth-order valence-corrected chi connectivity index (χ4v) is 2.27. The number of phenolic OH excluding ortho intramolecular Hbond substituents is 1. The predicted molar refractivity (Wildman–Crippen MR) is 118 cm³/mol. The van der Waals surface area contributed by atoms with Crippen LogP contribution in [0, 0.1) is 0 Å². The number of allylic oxidation sites excluding steroid dienone is 1. The fourth-order valence-electron chi connectivity index (χ4n) is 2.27. The molecule has 0 spiro atoms. The molecule has 10 nitrogen and oxygen atoms in total. The number of carbonyl (C=O) groups is 2. The number of aliphatic hydroxyl groups excluding tert-OH is 1. The van der Waals surface area contributed by atoms with Crippen LogP contribution >= 0.6 is 0 Å². The van der Waals surface area contributed by atoms with Gasteiger partial charge < -0.3 is 38.0 Å². The maximum absolute atomic E-state index is 12.4. The van der Waals surface area contributed by atoms with E-state index >= 15 is 0 Å². The number of nitrogens with one attached hydrogen (secondary N) is 2.